The first-order chi connectivity index (χ1) is 7.75. The van der Waals surface area contributed by atoms with Crippen molar-refractivity contribution in [3.05, 3.63) is 35.2 Å². The van der Waals surface area contributed by atoms with Gasteiger partial charge in [-0.15, -0.1) is 11.3 Å². The van der Waals surface area contributed by atoms with Gasteiger partial charge in [0.05, 0.1) is 0 Å². The molecule has 2 aromatic rings. The molecule has 4 N–H and O–H groups in total. The summed E-state index contributed by atoms with van der Waals surface area (Å²) >= 11 is 1.78. The third-order valence-electron chi connectivity index (χ3n) is 3.59. The van der Waals surface area contributed by atoms with Crippen molar-refractivity contribution in [1.29, 1.82) is 0 Å². The number of thiophene rings is 1. The molecule has 1 heterocycles. The maximum Gasteiger partial charge on any atom is 0.0346 e. The van der Waals surface area contributed by atoms with E-state index in [0.29, 0.717) is 12.0 Å². The molecule has 1 aromatic heterocycles. The number of fused-ring (bicyclic) bond motifs is 1. The van der Waals surface area contributed by atoms with Crippen molar-refractivity contribution >= 4 is 21.4 Å². The molecule has 1 atom stereocenters. The van der Waals surface area contributed by atoms with Crippen LogP contribution in [0.4, 0.5) is 0 Å². The van der Waals surface area contributed by atoms with E-state index in [1.807, 2.05) is 0 Å². The molecule has 0 saturated heterocycles. The average molecular weight is 232 g/mol. The van der Waals surface area contributed by atoms with Gasteiger partial charge in [0.15, 0.2) is 0 Å². The molecule has 3 heteroatoms. The summed E-state index contributed by atoms with van der Waals surface area (Å²) in [7, 11) is 0. The standard InChI is InChI=1S/C13H16N2S/c14-9-5-8(6-9)13(15)11-7-16-12-4-2-1-3-10(11)12/h1-4,7-9,13H,5-6,14-15H2. The van der Waals surface area contributed by atoms with E-state index >= 15 is 0 Å². The quantitative estimate of drug-likeness (QED) is 0.836. The molecule has 0 radical (unpaired) electrons. The van der Waals surface area contributed by atoms with Gasteiger partial charge in [-0.25, -0.2) is 0 Å². The van der Waals surface area contributed by atoms with Gasteiger partial charge in [0.25, 0.3) is 0 Å². The van der Waals surface area contributed by atoms with Crippen molar-refractivity contribution in [1.82, 2.24) is 0 Å². The minimum absolute atomic E-state index is 0.163. The SMILES string of the molecule is NC1CC(C(N)c2csc3ccccc23)C1. The Morgan fingerprint density at radius 1 is 1.25 bits per heavy atom. The van der Waals surface area contributed by atoms with Crippen LogP contribution < -0.4 is 11.5 Å². The van der Waals surface area contributed by atoms with Gasteiger partial charge in [0, 0.05) is 16.8 Å². The molecule has 1 saturated carbocycles. The van der Waals surface area contributed by atoms with Gasteiger partial charge in [0.2, 0.25) is 0 Å². The molecule has 3 rings (SSSR count). The Hall–Kier alpha value is -0.900. The third kappa shape index (κ3) is 1.56. The van der Waals surface area contributed by atoms with Crippen LogP contribution in [0.2, 0.25) is 0 Å². The lowest BCUT2D eigenvalue weighted by Gasteiger charge is -2.36. The predicted molar refractivity (Wildman–Crippen MR) is 69.5 cm³/mol. The van der Waals surface area contributed by atoms with Gasteiger partial charge in [-0.05, 0) is 41.2 Å². The summed E-state index contributed by atoms with van der Waals surface area (Å²) in [4.78, 5) is 0. The van der Waals surface area contributed by atoms with Crippen molar-refractivity contribution in [2.75, 3.05) is 0 Å². The summed E-state index contributed by atoms with van der Waals surface area (Å²) in [6.45, 7) is 0. The Morgan fingerprint density at radius 3 is 2.75 bits per heavy atom. The Balaban J connectivity index is 1.93. The minimum Gasteiger partial charge on any atom is -0.328 e. The average Bonchev–Trinajstić information content (AvgIpc) is 2.67. The van der Waals surface area contributed by atoms with Crippen LogP contribution in [0.5, 0.6) is 0 Å². The van der Waals surface area contributed by atoms with Crippen LogP contribution in [-0.2, 0) is 0 Å². The zero-order valence-corrected chi connectivity index (χ0v) is 9.91. The summed E-state index contributed by atoms with van der Waals surface area (Å²) < 4.78 is 1.33. The van der Waals surface area contributed by atoms with Gasteiger partial charge in [0.1, 0.15) is 0 Å². The molecule has 1 aromatic carbocycles. The van der Waals surface area contributed by atoms with Crippen molar-refractivity contribution in [3.8, 4) is 0 Å². The monoisotopic (exact) mass is 232 g/mol. The Kier molecular flexibility index (Phi) is 2.46. The van der Waals surface area contributed by atoms with Gasteiger partial charge >= 0.3 is 0 Å². The Morgan fingerprint density at radius 2 is 2.00 bits per heavy atom. The highest BCUT2D eigenvalue weighted by Crippen LogP contribution is 2.39. The number of hydrogen-bond donors (Lipinski definition) is 2. The first-order valence-electron chi connectivity index (χ1n) is 5.73. The fraction of sp³-hybridized carbons (Fsp3) is 0.385. The molecular formula is C13H16N2S. The lowest BCUT2D eigenvalue weighted by molar-refractivity contribution is 0.225. The molecule has 1 unspecified atom stereocenters. The first-order valence-corrected chi connectivity index (χ1v) is 6.61. The lowest BCUT2D eigenvalue weighted by Crippen LogP contribution is -2.41. The molecular weight excluding hydrogens is 216 g/mol. The lowest BCUT2D eigenvalue weighted by atomic mass is 9.74. The summed E-state index contributed by atoms with van der Waals surface area (Å²) in [5, 5.41) is 3.53. The van der Waals surface area contributed by atoms with E-state index in [1.165, 1.54) is 15.6 Å². The van der Waals surface area contributed by atoms with Crippen LogP contribution in [0, 0.1) is 5.92 Å². The zero-order chi connectivity index (χ0) is 11.1. The fourth-order valence-corrected chi connectivity index (χ4v) is 3.52. The molecule has 1 fully saturated rings. The molecule has 0 amide bonds. The number of nitrogens with two attached hydrogens (primary N) is 2. The van der Waals surface area contributed by atoms with E-state index in [-0.39, 0.29) is 6.04 Å². The fourth-order valence-electron chi connectivity index (χ4n) is 2.51. The topological polar surface area (TPSA) is 52.0 Å². The maximum atomic E-state index is 6.32. The molecule has 0 bridgehead atoms. The van der Waals surface area contributed by atoms with E-state index < -0.39 is 0 Å². The van der Waals surface area contributed by atoms with Crippen LogP contribution >= 0.6 is 11.3 Å². The van der Waals surface area contributed by atoms with E-state index in [2.05, 4.69) is 29.6 Å². The third-order valence-corrected chi connectivity index (χ3v) is 4.57. The minimum atomic E-state index is 0.163. The molecule has 2 nitrogen and oxygen atoms in total. The van der Waals surface area contributed by atoms with Gasteiger partial charge in [-0.3, -0.25) is 0 Å². The molecule has 0 spiro atoms. The predicted octanol–water partition coefficient (Wildman–Crippen LogP) is 2.64. The molecule has 16 heavy (non-hydrogen) atoms. The van der Waals surface area contributed by atoms with E-state index in [1.54, 1.807) is 11.3 Å². The van der Waals surface area contributed by atoms with Crippen molar-refractivity contribution in [2.45, 2.75) is 24.9 Å². The van der Waals surface area contributed by atoms with E-state index in [9.17, 15) is 0 Å². The largest absolute Gasteiger partial charge is 0.328 e. The van der Waals surface area contributed by atoms with Gasteiger partial charge in [-0.2, -0.15) is 0 Å². The van der Waals surface area contributed by atoms with Crippen molar-refractivity contribution < 1.29 is 0 Å². The summed E-state index contributed by atoms with van der Waals surface area (Å²) in [6, 6.07) is 9.02. The second-order valence-corrected chi connectivity index (χ2v) is 5.62. The molecule has 84 valence electrons. The number of rotatable bonds is 2. The van der Waals surface area contributed by atoms with Gasteiger partial charge < -0.3 is 11.5 Å². The second-order valence-electron chi connectivity index (χ2n) is 4.70. The number of benzene rings is 1. The van der Waals surface area contributed by atoms with Crippen molar-refractivity contribution in [2.24, 2.45) is 17.4 Å². The van der Waals surface area contributed by atoms with E-state index in [0.717, 1.165) is 12.8 Å². The molecule has 1 aliphatic rings. The van der Waals surface area contributed by atoms with Crippen LogP contribution in [0.1, 0.15) is 24.4 Å². The smallest absolute Gasteiger partial charge is 0.0346 e. The zero-order valence-electron chi connectivity index (χ0n) is 9.10. The maximum absolute atomic E-state index is 6.32. The van der Waals surface area contributed by atoms with E-state index in [4.69, 9.17) is 11.5 Å². The van der Waals surface area contributed by atoms with Crippen LogP contribution in [0.15, 0.2) is 29.6 Å². The summed E-state index contributed by atoms with van der Waals surface area (Å²) in [6.07, 6.45) is 2.15. The Labute approximate surface area is 99.3 Å². The van der Waals surface area contributed by atoms with Gasteiger partial charge in [-0.1, -0.05) is 18.2 Å². The summed E-state index contributed by atoms with van der Waals surface area (Å²) in [5.74, 6) is 0.577. The highest BCUT2D eigenvalue weighted by atomic mass is 32.1. The highest BCUT2D eigenvalue weighted by Gasteiger charge is 2.32. The molecule has 1 aliphatic carbocycles. The normalized spacial score (nSPS) is 26.6. The molecule has 0 aliphatic heterocycles. The van der Waals surface area contributed by atoms with Crippen LogP contribution in [0.25, 0.3) is 10.1 Å². The first kappa shape index (κ1) is 10.3. The Bertz CT molecular complexity index is 499. The number of hydrogen-bond acceptors (Lipinski definition) is 3. The van der Waals surface area contributed by atoms with Crippen molar-refractivity contribution in [3.63, 3.8) is 0 Å². The summed E-state index contributed by atoms with van der Waals surface area (Å²) in [5.41, 5.74) is 13.4. The van der Waals surface area contributed by atoms with Crippen LogP contribution in [-0.4, -0.2) is 6.04 Å². The highest BCUT2D eigenvalue weighted by molar-refractivity contribution is 7.17. The van der Waals surface area contributed by atoms with Crippen LogP contribution in [0.3, 0.4) is 0 Å². The second kappa shape index (κ2) is 3.84.